The van der Waals surface area contributed by atoms with Crippen LogP contribution in [0.3, 0.4) is 0 Å². The van der Waals surface area contributed by atoms with E-state index in [-0.39, 0.29) is 12.3 Å². The number of rotatable bonds is 4. The van der Waals surface area contributed by atoms with Crippen LogP contribution in [0.4, 0.5) is 0 Å². The SMILES string of the molecule is CCOC(=O)c1nc(-c2ccccc2)n(-c2cccc(Cl)c2)c1Br. The highest BCUT2D eigenvalue weighted by Gasteiger charge is 2.23. The van der Waals surface area contributed by atoms with E-state index in [1.807, 2.05) is 53.1 Å². The summed E-state index contributed by atoms with van der Waals surface area (Å²) in [5.41, 5.74) is 1.92. The van der Waals surface area contributed by atoms with Crippen LogP contribution in [-0.4, -0.2) is 22.1 Å². The van der Waals surface area contributed by atoms with Crippen LogP contribution in [0.1, 0.15) is 17.4 Å². The molecule has 0 aliphatic heterocycles. The Hall–Kier alpha value is -2.11. The zero-order valence-electron chi connectivity index (χ0n) is 12.9. The van der Waals surface area contributed by atoms with E-state index in [4.69, 9.17) is 16.3 Å². The van der Waals surface area contributed by atoms with E-state index in [0.29, 0.717) is 15.5 Å². The summed E-state index contributed by atoms with van der Waals surface area (Å²) in [5.74, 6) is 0.162. The van der Waals surface area contributed by atoms with Gasteiger partial charge in [0.15, 0.2) is 5.69 Å². The highest BCUT2D eigenvalue weighted by molar-refractivity contribution is 9.10. The number of esters is 1. The first-order valence-electron chi connectivity index (χ1n) is 7.38. The smallest absolute Gasteiger partial charge is 0.359 e. The standard InChI is InChI=1S/C18H14BrClN2O2/c1-2-24-18(23)15-16(19)22(14-10-6-9-13(20)11-14)17(21-15)12-7-4-3-5-8-12/h3-11H,2H2,1H3. The molecule has 0 N–H and O–H groups in total. The van der Waals surface area contributed by atoms with Gasteiger partial charge >= 0.3 is 5.97 Å². The van der Waals surface area contributed by atoms with Crippen molar-refractivity contribution in [1.82, 2.24) is 9.55 Å². The Morgan fingerprint density at radius 1 is 1.21 bits per heavy atom. The third-order valence-electron chi connectivity index (χ3n) is 3.39. The van der Waals surface area contributed by atoms with Gasteiger partial charge in [0, 0.05) is 16.3 Å². The Kier molecular flexibility index (Phi) is 5.02. The second-order valence-corrected chi connectivity index (χ2v) is 6.16. The van der Waals surface area contributed by atoms with Crippen LogP contribution in [0.15, 0.2) is 59.2 Å². The van der Waals surface area contributed by atoms with E-state index >= 15 is 0 Å². The molecule has 24 heavy (non-hydrogen) atoms. The maximum absolute atomic E-state index is 12.2. The van der Waals surface area contributed by atoms with E-state index in [2.05, 4.69) is 20.9 Å². The molecule has 6 heteroatoms. The summed E-state index contributed by atoms with van der Waals surface area (Å²) in [5, 5.41) is 0.602. The monoisotopic (exact) mass is 404 g/mol. The quantitative estimate of drug-likeness (QED) is 0.565. The molecule has 1 heterocycles. The molecular weight excluding hydrogens is 392 g/mol. The first-order chi connectivity index (χ1) is 11.6. The van der Waals surface area contributed by atoms with E-state index < -0.39 is 5.97 Å². The number of hydrogen-bond donors (Lipinski definition) is 0. The highest BCUT2D eigenvalue weighted by atomic mass is 79.9. The maximum Gasteiger partial charge on any atom is 0.359 e. The van der Waals surface area contributed by atoms with Crippen molar-refractivity contribution in [3.05, 3.63) is 69.9 Å². The van der Waals surface area contributed by atoms with E-state index in [1.165, 1.54) is 0 Å². The molecule has 1 aromatic heterocycles. The van der Waals surface area contributed by atoms with Crippen molar-refractivity contribution in [3.8, 4) is 17.1 Å². The molecular formula is C18H14BrClN2O2. The molecule has 0 saturated carbocycles. The molecule has 0 atom stereocenters. The third kappa shape index (κ3) is 3.23. The number of ether oxygens (including phenoxy) is 1. The fourth-order valence-corrected chi connectivity index (χ4v) is 3.17. The second kappa shape index (κ2) is 7.20. The third-order valence-corrected chi connectivity index (χ3v) is 4.35. The van der Waals surface area contributed by atoms with Gasteiger partial charge in [-0.25, -0.2) is 9.78 Å². The zero-order chi connectivity index (χ0) is 17.1. The number of halogens is 2. The summed E-state index contributed by atoms with van der Waals surface area (Å²) in [4.78, 5) is 16.7. The predicted molar refractivity (Wildman–Crippen MR) is 97.7 cm³/mol. The molecule has 0 bridgehead atoms. The van der Waals surface area contributed by atoms with Crippen molar-refractivity contribution in [2.45, 2.75) is 6.92 Å². The van der Waals surface area contributed by atoms with Gasteiger partial charge in [0.05, 0.1) is 6.61 Å². The number of imidazole rings is 1. The fraction of sp³-hybridized carbons (Fsp3) is 0.111. The Morgan fingerprint density at radius 2 is 1.96 bits per heavy atom. The zero-order valence-corrected chi connectivity index (χ0v) is 15.2. The lowest BCUT2D eigenvalue weighted by molar-refractivity contribution is 0.0519. The summed E-state index contributed by atoms with van der Waals surface area (Å²) in [7, 11) is 0. The first kappa shape index (κ1) is 16.7. The molecule has 0 aliphatic carbocycles. The van der Waals surface area contributed by atoms with Crippen LogP contribution in [0, 0.1) is 0 Å². The van der Waals surface area contributed by atoms with Gasteiger partial charge < -0.3 is 4.74 Å². The van der Waals surface area contributed by atoms with Crippen LogP contribution < -0.4 is 0 Å². The lowest BCUT2D eigenvalue weighted by Crippen LogP contribution is -2.06. The molecule has 0 unspecified atom stereocenters. The van der Waals surface area contributed by atoms with Crippen LogP contribution >= 0.6 is 27.5 Å². The van der Waals surface area contributed by atoms with Crippen LogP contribution in [0.5, 0.6) is 0 Å². The summed E-state index contributed by atoms with van der Waals surface area (Å²) in [6.07, 6.45) is 0. The molecule has 2 aromatic carbocycles. The molecule has 0 amide bonds. The van der Waals surface area contributed by atoms with Crippen molar-refractivity contribution in [1.29, 1.82) is 0 Å². The molecule has 3 rings (SSSR count). The van der Waals surface area contributed by atoms with Gasteiger partial charge in [-0.2, -0.15) is 0 Å². The molecule has 0 aliphatic rings. The first-order valence-corrected chi connectivity index (χ1v) is 8.55. The topological polar surface area (TPSA) is 44.1 Å². The maximum atomic E-state index is 12.2. The normalized spacial score (nSPS) is 10.6. The number of carbonyl (C=O) groups is 1. The van der Waals surface area contributed by atoms with Crippen molar-refractivity contribution < 1.29 is 9.53 Å². The molecule has 3 aromatic rings. The average Bonchev–Trinajstić information content (AvgIpc) is 2.93. The van der Waals surface area contributed by atoms with Gasteiger partial charge in [-0.1, -0.05) is 48.0 Å². The summed E-state index contributed by atoms with van der Waals surface area (Å²) < 4.78 is 7.47. The molecule has 0 fully saturated rings. The Bertz CT molecular complexity index is 878. The summed E-state index contributed by atoms with van der Waals surface area (Å²) in [6, 6.07) is 17.0. The van der Waals surface area contributed by atoms with Gasteiger partial charge in [-0.15, -0.1) is 0 Å². The van der Waals surface area contributed by atoms with Crippen molar-refractivity contribution in [2.75, 3.05) is 6.61 Å². The van der Waals surface area contributed by atoms with Gasteiger partial charge in [-0.05, 0) is 41.1 Å². The lowest BCUT2D eigenvalue weighted by atomic mass is 10.2. The van der Waals surface area contributed by atoms with Crippen molar-refractivity contribution >= 4 is 33.5 Å². The summed E-state index contributed by atoms with van der Waals surface area (Å²) >= 11 is 9.61. The molecule has 0 saturated heterocycles. The van der Waals surface area contributed by atoms with Crippen LogP contribution in [0.2, 0.25) is 5.02 Å². The Balaban J connectivity index is 2.23. The van der Waals surface area contributed by atoms with Crippen LogP contribution in [-0.2, 0) is 4.74 Å². The van der Waals surface area contributed by atoms with Gasteiger partial charge in [0.1, 0.15) is 10.4 Å². The average molecular weight is 406 g/mol. The minimum Gasteiger partial charge on any atom is -0.461 e. The van der Waals surface area contributed by atoms with E-state index in [0.717, 1.165) is 11.3 Å². The van der Waals surface area contributed by atoms with E-state index in [1.54, 1.807) is 13.0 Å². The molecule has 0 radical (unpaired) electrons. The fourth-order valence-electron chi connectivity index (χ4n) is 2.36. The van der Waals surface area contributed by atoms with Gasteiger partial charge in [0.2, 0.25) is 0 Å². The Morgan fingerprint density at radius 3 is 2.62 bits per heavy atom. The molecule has 4 nitrogen and oxygen atoms in total. The largest absolute Gasteiger partial charge is 0.461 e. The van der Waals surface area contributed by atoms with E-state index in [9.17, 15) is 4.79 Å². The number of benzene rings is 2. The second-order valence-electron chi connectivity index (χ2n) is 4.98. The lowest BCUT2D eigenvalue weighted by Gasteiger charge is -2.10. The van der Waals surface area contributed by atoms with Crippen LogP contribution in [0.25, 0.3) is 17.1 Å². The van der Waals surface area contributed by atoms with Gasteiger partial charge in [0.25, 0.3) is 0 Å². The van der Waals surface area contributed by atoms with Crippen molar-refractivity contribution in [3.63, 3.8) is 0 Å². The highest BCUT2D eigenvalue weighted by Crippen LogP contribution is 2.31. The summed E-state index contributed by atoms with van der Waals surface area (Å²) in [6.45, 7) is 2.05. The molecule has 0 spiro atoms. The van der Waals surface area contributed by atoms with Crippen molar-refractivity contribution in [2.24, 2.45) is 0 Å². The van der Waals surface area contributed by atoms with Gasteiger partial charge in [-0.3, -0.25) is 4.57 Å². The Labute approximate surface area is 153 Å². The predicted octanol–water partition coefficient (Wildman–Crippen LogP) is 5.13. The molecule has 122 valence electrons. The minimum absolute atomic E-state index is 0.232. The number of nitrogens with zero attached hydrogens (tertiary/aromatic N) is 2. The number of carbonyl (C=O) groups excluding carboxylic acids is 1. The number of hydrogen-bond acceptors (Lipinski definition) is 3. The minimum atomic E-state index is -0.470. The number of aromatic nitrogens is 2.